The molecule has 2 saturated heterocycles. The first-order valence-corrected chi connectivity index (χ1v) is 4.78. The Bertz CT molecular complexity index is 156. The topological polar surface area (TPSA) is 12.5 Å². The van der Waals surface area contributed by atoms with Crippen LogP contribution in [-0.2, 0) is 22.1 Å². The van der Waals surface area contributed by atoms with Crippen LogP contribution in [0.4, 0.5) is 0 Å². The number of hydrogen-bond acceptors (Lipinski definition) is 2. The summed E-state index contributed by atoms with van der Waals surface area (Å²) in [5, 5.41) is 0. The molecule has 0 atom stereocenters. The molecule has 0 amide bonds. The first kappa shape index (κ1) is 11.5. The first-order chi connectivity index (χ1) is 5.70. The SMILES string of the molecule is C[C-]1CCN(C)CC2(COC2)C1.[Cr]. The molecule has 2 aliphatic rings. The molecule has 0 aromatic carbocycles. The predicted octanol–water partition coefficient (Wildman–Crippen LogP) is 1.32. The van der Waals surface area contributed by atoms with Crippen molar-refractivity contribution in [2.75, 3.05) is 33.4 Å². The molecule has 13 heavy (non-hydrogen) atoms. The van der Waals surface area contributed by atoms with Gasteiger partial charge in [-0.15, -0.1) is 0 Å². The summed E-state index contributed by atoms with van der Waals surface area (Å²) < 4.78 is 5.33. The maximum Gasteiger partial charge on any atom is 0.0532 e. The molecule has 2 heterocycles. The number of rotatable bonds is 0. The van der Waals surface area contributed by atoms with Crippen molar-refractivity contribution in [3.63, 3.8) is 0 Å². The van der Waals surface area contributed by atoms with Gasteiger partial charge in [0, 0.05) is 29.3 Å². The second-order valence-electron chi connectivity index (χ2n) is 4.61. The molecule has 0 N–H and O–H groups in total. The minimum absolute atomic E-state index is 0. The normalized spacial score (nSPS) is 29.1. The largest absolute Gasteiger partial charge is 0.380 e. The zero-order valence-corrected chi connectivity index (χ0v) is 9.78. The van der Waals surface area contributed by atoms with Crippen LogP contribution in [0.25, 0.3) is 0 Å². The first-order valence-electron chi connectivity index (χ1n) is 4.78. The molecule has 0 aromatic heterocycles. The van der Waals surface area contributed by atoms with Crippen LogP contribution in [0.1, 0.15) is 19.8 Å². The standard InChI is InChI=1S/C10H18NO.Cr/c1-9-3-4-11(2)6-10(5-9)7-12-8-10;/h3-8H2,1-2H3;/q-1;. The van der Waals surface area contributed by atoms with Gasteiger partial charge < -0.3 is 15.6 Å². The van der Waals surface area contributed by atoms with Crippen molar-refractivity contribution in [3.05, 3.63) is 5.92 Å². The zero-order valence-electron chi connectivity index (χ0n) is 8.51. The van der Waals surface area contributed by atoms with E-state index < -0.39 is 0 Å². The minimum atomic E-state index is 0. The maximum atomic E-state index is 5.33. The van der Waals surface area contributed by atoms with E-state index in [-0.39, 0.29) is 17.4 Å². The summed E-state index contributed by atoms with van der Waals surface area (Å²) in [6, 6.07) is 0. The molecule has 3 heteroatoms. The Kier molecular flexibility index (Phi) is 3.83. The van der Waals surface area contributed by atoms with Crippen molar-refractivity contribution in [1.82, 2.24) is 4.90 Å². The summed E-state index contributed by atoms with van der Waals surface area (Å²) in [7, 11) is 2.22. The molecule has 0 aliphatic carbocycles. The molecule has 2 rings (SSSR count). The van der Waals surface area contributed by atoms with E-state index in [0.29, 0.717) is 5.41 Å². The third kappa shape index (κ3) is 2.47. The molecule has 0 unspecified atom stereocenters. The fourth-order valence-corrected chi connectivity index (χ4v) is 2.40. The summed E-state index contributed by atoms with van der Waals surface area (Å²) in [5.41, 5.74) is 0.495. The van der Waals surface area contributed by atoms with Crippen LogP contribution >= 0.6 is 0 Å². The molecule has 0 aromatic rings. The third-order valence-electron chi connectivity index (χ3n) is 3.02. The Labute approximate surface area is 91.8 Å². The van der Waals surface area contributed by atoms with Gasteiger partial charge in [-0.25, -0.2) is 0 Å². The van der Waals surface area contributed by atoms with Crippen molar-refractivity contribution in [2.45, 2.75) is 19.8 Å². The van der Waals surface area contributed by atoms with Gasteiger partial charge in [0.1, 0.15) is 0 Å². The monoisotopic (exact) mass is 220 g/mol. The average molecular weight is 220 g/mol. The van der Waals surface area contributed by atoms with Gasteiger partial charge in [0.05, 0.1) is 13.2 Å². The predicted molar refractivity (Wildman–Crippen MR) is 48.9 cm³/mol. The van der Waals surface area contributed by atoms with E-state index >= 15 is 0 Å². The number of nitrogens with zero attached hydrogens (tertiary/aromatic N) is 1. The van der Waals surface area contributed by atoms with Gasteiger partial charge in [-0.2, -0.15) is 19.8 Å². The van der Waals surface area contributed by atoms with Crippen molar-refractivity contribution < 1.29 is 22.1 Å². The fourth-order valence-electron chi connectivity index (χ4n) is 2.40. The van der Waals surface area contributed by atoms with E-state index in [1.165, 1.54) is 25.9 Å². The summed E-state index contributed by atoms with van der Waals surface area (Å²) in [5.74, 6) is 1.66. The Morgan fingerprint density at radius 3 is 2.62 bits per heavy atom. The van der Waals surface area contributed by atoms with Crippen molar-refractivity contribution >= 4 is 0 Å². The molecule has 0 bridgehead atoms. The van der Waals surface area contributed by atoms with E-state index in [4.69, 9.17) is 4.74 Å². The zero-order chi connectivity index (χ0) is 8.60. The molecule has 2 nitrogen and oxygen atoms in total. The Morgan fingerprint density at radius 2 is 2.08 bits per heavy atom. The van der Waals surface area contributed by atoms with Gasteiger partial charge in [-0.3, -0.25) is 0 Å². The van der Waals surface area contributed by atoms with E-state index in [2.05, 4.69) is 18.9 Å². The van der Waals surface area contributed by atoms with E-state index in [1.807, 2.05) is 0 Å². The van der Waals surface area contributed by atoms with Crippen LogP contribution in [0.15, 0.2) is 0 Å². The molecule has 0 saturated carbocycles. The van der Waals surface area contributed by atoms with Crippen LogP contribution < -0.4 is 0 Å². The molecule has 76 valence electrons. The Hall–Kier alpha value is 0.452. The van der Waals surface area contributed by atoms with Gasteiger partial charge >= 0.3 is 0 Å². The van der Waals surface area contributed by atoms with E-state index in [1.54, 1.807) is 5.92 Å². The number of hydrogen-bond donors (Lipinski definition) is 0. The second kappa shape index (κ2) is 4.32. The quantitative estimate of drug-likeness (QED) is 0.571. The number of ether oxygens (including phenoxy) is 1. The average Bonchev–Trinajstić information content (AvgIpc) is 2.09. The van der Waals surface area contributed by atoms with Crippen LogP contribution in [-0.4, -0.2) is 38.3 Å². The van der Waals surface area contributed by atoms with Crippen LogP contribution in [0, 0.1) is 11.3 Å². The molecule has 2 fully saturated rings. The smallest absolute Gasteiger partial charge is 0.0532 e. The Morgan fingerprint density at radius 1 is 1.38 bits per heavy atom. The van der Waals surface area contributed by atoms with Gasteiger partial charge in [0.15, 0.2) is 0 Å². The van der Waals surface area contributed by atoms with E-state index in [0.717, 1.165) is 13.2 Å². The van der Waals surface area contributed by atoms with Gasteiger partial charge in [-0.05, 0) is 13.6 Å². The summed E-state index contributed by atoms with van der Waals surface area (Å²) in [4.78, 5) is 2.44. The van der Waals surface area contributed by atoms with Crippen LogP contribution in [0.3, 0.4) is 0 Å². The molecular weight excluding hydrogens is 202 g/mol. The Balaban J connectivity index is 0.000000845. The summed E-state index contributed by atoms with van der Waals surface area (Å²) in [6.45, 7) is 6.71. The number of likely N-dealkylation sites (tertiary alicyclic amines) is 1. The summed E-state index contributed by atoms with van der Waals surface area (Å²) in [6.07, 6.45) is 2.57. The van der Waals surface area contributed by atoms with Crippen molar-refractivity contribution in [2.24, 2.45) is 5.41 Å². The fraction of sp³-hybridized carbons (Fsp3) is 0.900. The van der Waals surface area contributed by atoms with Gasteiger partial charge in [0.25, 0.3) is 0 Å². The van der Waals surface area contributed by atoms with E-state index in [9.17, 15) is 0 Å². The molecular formula is C10H18CrNO-. The molecule has 2 aliphatic heterocycles. The summed E-state index contributed by atoms with van der Waals surface area (Å²) >= 11 is 0. The third-order valence-corrected chi connectivity index (χ3v) is 3.02. The van der Waals surface area contributed by atoms with Gasteiger partial charge in [-0.1, -0.05) is 0 Å². The molecule has 1 spiro atoms. The minimum Gasteiger partial charge on any atom is -0.380 e. The maximum absolute atomic E-state index is 5.33. The molecule has 0 radical (unpaired) electrons. The van der Waals surface area contributed by atoms with Gasteiger partial charge in [0.2, 0.25) is 0 Å². The van der Waals surface area contributed by atoms with Crippen molar-refractivity contribution in [3.8, 4) is 0 Å². The van der Waals surface area contributed by atoms with Crippen molar-refractivity contribution in [1.29, 1.82) is 0 Å². The van der Waals surface area contributed by atoms with Crippen LogP contribution in [0.2, 0.25) is 0 Å². The second-order valence-corrected chi connectivity index (χ2v) is 4.61. The van der Waals surface area contributed by atoms with Crippen LogP contribution in [0.5, 0.6) is 0 Å².